The summed E-state index contributed by atoms with van der Waals surface area (Å²) >= 11 is 0. The number of rotatable bonds is 5. The van der Waals surface area contributed by atoms with E-state index in [-0.39, 0.29) is 11.6 Å². The summed E-state index contributed by atoms with van der Waals surface area (Å²) in [7, 11) is 1.65. The molecule has 19 heavy (non-hydrogen) atoms. The van der Waals surface area contributed by atoms with Gasteiger partial charge in [-0.1, -0.05) is 19.3 Å². The van der Waals surface area contributed by atoms with Crippen LogP contribution in [0.3, 0.4) is 0 Å². The first-order valence-corrected chi connectivity index (χ1v) is 7.12. The molecule has 1 aliphatic carbocycles. The molecule has 1 heterocycles. The Hall–Kier alpha value is -1.13. The second kappa shape index (κ2) is 6.35. The summed E-state index contributed by atoms with van der Waals surface area (Å²) in [6.07, 6.45) is 7.37. The van der Waals surface area contributed by atoms with Crippen molar-refractivity contribution in [3.05, 3.63) is 24.0 Å². The molecule has 0 spiro atoms. The van der Waals surface area contributed by atoms with Crippen molar-refractivity contribution >= 4 is 0 Å². The lowest BCUT2D eigenvalue weighted by Gasteiger charge is -2.41. The Balaban J connectivity index is 2.30. The summed E-state index contributed by atoms with van der Waals surface area (Å²) < 4.78 is 11.4. The van der Waals surface area contributed by atoms with E-state index in [1.807, 2.05) is 19.1 Å². The number of nitrogens with two attached hydrogens (primary N) is 1. The van der Waals surface area contributed by atoms with Crippen LogP contribution < -0.4 is 10.5 Å². The summed E-state index contributed by atoms with van der Waals surface area (Å²) in [5.41, 5.74) is 7.02. The van der Waals surface area contributed by atoms with Gasteiger partial charge in [-0.2, -0.15) is 0 Å². The molecule has 4 heteroatoms. The van der Waals surface area contributed by atoms with E-state index in [0.717, 1.165) is 24.3 Å². The van der Waals surface area contributed by atoms with Gasteiger partial charge in [0, 0.05) is 12.8 Å². The Morgan fingerprint density at radius 2 is 2.11 bits per heavy atom. The van der Waals surface area contributed by atoms with Gasteiger partial charge in [-0.15, -0.1) is 0 Å². The maximum Gasteiger partial charge on any atom is 0.142 e. The molecule has 0 bridgehead atoms. The second-order valence-electron chi connectivity index (χ2n) is 5.13. The molecular weight excluding hydrogens is 240 g/mol. The molecule has 1 aromatic rings. The highest BCUT2D eigenvalue weighted by molar-refractivity contribution is 5.31. The third-order valence-corrected chi connectivity index (χ3v) is 4.01. The SMILES string of the molecule is CCOC1(C(N)c2ncccc2OC)CCCCC1. The van der Waals surface area contributed by atoms with Crippen LogP contribution >= 0.6 is 0 Å². The van der Waals surface area contributed by atoms with E-state index in [1.54, 1.807) is 13.3 Å². The smallest absolute Gasteiger partial charge is 0.142 e. The molecule has 1 aliphatic rings. The van der Waals surface area contributed by atoms with Crippen molar-refractivity contribution in [1.82, 2.24) is 4.98 Å². The van der Waals surface area contributed by atoms with E-state index in [2.05, 4.69) is 4.98 Å². The van der Waals surface area contributed by atoms with Crippen molar-refractivity contribution in [3.63, 3.8) is 0 Å². The van der Waals surface area contributed by atoms with E-state index in [0.29, 0.717) is 6.61 Å². The lowest BCUT2D eigenvalue weighted by molar-refractivity contribution is -0.0842. The highest BCUT2D eigenvalue weighted by atomic mass is 16.5. The number of nitrogens with zero attached hydrogens (tertiary/aromatic N) is 1. The summed E-state index contributed by atoms with van der Waals surface area (Å²) in [6.45, 7) is 2.71. The summed E-state index contributed by atoms with van der Waals surface area (Å²) in [5, 5.41) is 0. The Labute approximate surface area is 115 Å². The molecule has 2 rings (SSSR count). The number of ether oxygens (including phenoxy) is 2. The normalized spacial score (nSPS) is 19.9. The molecule has 0 aliphatic heterocycles. The van der Waals surface area contributed by atoms with Gasteiger partial charge in [-0.05, 0) is 31.9 Å². The zero-order valence-electron chi connectivity index (χ0n) is 11.9. The zero-order chi connectivity index (χ0) is 13.7. The lowest BCUT2D eigenvalue weighted by atomic mass is 9.78. The van der Waals surface area contributed by atoms with Crippen LogP contribution in [-0.4, -0.2) is 24.3 Å². The first-order chi connectivity index (χ1) is 9.23. The number of aromatic nitrogens is 1. The third-order valence-electron chi connectivity index (χ3n) is 4.01. The molecule has 2 N–H and O–H groups in total. The average molecular weight is 264 g/mol. The van der Waals surface area contributed by atoms with E-state index in [9.17, 15) is 0 Å². The van der Waals surface area contributed by atoms with E-state index in [1.165, 1.54) is 19.3 Å². The van der Waals surface area contributed by atoms with Crippen LogP contribution in [0.15, 0.2) is 18.3 Å². The molecule has 1 atom stereocenters. The van der Waals surface area contributed by atoms with Crippen LogP contribution in [0.2, 0.25) is 0 Å². The fourth-order valence-electron chi connectivity index (χ4n) is 3.04. The maximum absolute atomic E-state index is 6.50. The maximum atomic E-state index is 6.50. The van der Waals surface area contributed by atoms with E-state index >= 15 is 0 Å². The molecule has 0 saturated heterocycles. The first kappa shape index (κ1) is 14.3. The van der Waals surface area contributed by atoms with Gasteiger partial charge in [0.15, 0.2) is 0 Å². The predicted octanol–water partition coefficient (Wildman–Crippen LogP) is 2.83. The van der Waals surface area contributed by atoms with Gasteiger partial charge in [-0.25, -0.2) is 0 Å². The highest BCUT2D eigenvalue weighted by Gasteiger charge is 2.41. The van der Waals surface area contributed by atoms with Gasteiger partial charge in [0.1, 0.15) is 11.4 Å². The molecule has 0 aromatic carbocycles. The van der Waals surface area contributed by atoms with Crippen molar-refractivity contribution in [1.29, 1.82) is 0 Å². The monoisotopic (exact) mass is 264 g/mol. The van der Waals surface area contributed by atoms with Crippen molar-refractivity contribution < 1.29 is 9.47 Å². The predicted molar refractivity (Wildman–Crippen MR) is 75.2 cm³/mol. The molecule has 1 aromatic heterocycles. The summed E-state index contributed by atoms with van der Waals surface area (Å²) in [6, 6.07) is 3.54. The Bertz CT molecular complexity index is 397. The van der Waals surface area contributed by atoms with E-state index < -0.39 is 0 Å². The van der Waals surface area contributed by atoms with Crippen LogP contribution in [0.1, 0.15) is 50.8 Å². The number of methoxy groups -OCH3 is 1. The molecular formula is C15H24N2O2. The third kappa shape index (κ3) is 2.90. The van der Waals surface area contributed by atoms with Gasteiger partial charge in [0.05, 0.1) is 18.8 Å². The number of hydrogen-bond acceptors (Lipinski definition) is 4. The van der Waals surface area contributed by atoms with E-state index in [4.69, 9.17) is 15.2 Å². The molecule has 4 nitrogen and oxygen atoms in total. The number of pyridine rings is 1. The standard InChI is InChI=1S/C15H24N2O2/c1-3-19-15(9-5-4-6-10-15)14(16)13-12(18-2)8-7-11-17-13/h7-8,11,14H,3-6,9-10,16H2,1-2H3. The number of hydrogen-bond donors (Lipinski definition) is 1. The molecule has 0 amide bonds. The van der Waals surface area contributed by atoms with Gasteiger partial charge >= 0.3 is 0 Å². The Morgan fingerprint density at radius 3 is 2.74 bits per heavy atom. The van der Waals surface area contributed by atoms with Crippen molar-refractivity contribution in [2.24, 2.45) is 5.73 Å². The summed E-state index contributed by atoms with van der Waals surface area (Å²) in [4.78, 5) is 4.42. The molecule has 0 radical (unpaired) electrons. The van der Waals surface area contributed by atoms with Gasteiger partial charge in [0.25, 0.3) is 0 Å². The molecule has 1 fully saturated rings. The van der Waals surface area contributed by atoms with Crippen molar-refractivity contribution in [2.75, 3.05) is 13.7 Å². The minimum absolute atomic E-state index is 0.233. The van der Waals surface area contributed by atoms with Gasteiger partial charge < -0.3 is 15.2 Å². The Kier molecular flexibility index (Phi) is 4.77. The van der Waals surface area contributed by atoms with Crippen molar-refractivity contribution in [2.45, 2.75) is 50.7 Å². The largest absolute Gasteiger partial charge is 0.495 e. The van der Waals surface area contributed by atoms with Crippen LogP contribution in [0.4, 0.5) is 0 Å². The average Bonchev–Trinajstić information content (AvgIpc) is 2.47. The molecule has 1 saturated carbocycles. The Morgan fingerprint density at radius 1 is 1.37 bits per heavy atom. The second-order valence-corrected chi connectivity index (χ2v) is 5.13. The lowest BCUT2D eigenvalue weighted by Crippen LogP contribution is -2.46. The fourth-order valence-corrected chi connectivity index (χ4v) is 3.04. The fraction of sp³-hybridized carbons (Fsp3) is 0.667. The minimum atomic E-state index is -0.283. The van der Waals surface area contributed by atoms with Gasteiger partial charge in [0.2, 0.25) is 0 Å². The minimum Gasteiger partial charge on any atom is -0.495 e. The van der Waals surface area contributed by atoms with Crippen LogP contribution in [-0.2, 0) is 4.74 Å². The summed E-state index contributed by atoms with van der Waals surface area (Å²) in [5.74, 6) is 0.750. The van der Waals surface area contributed by atoms with Crippen LogP contribution in [0.5, 0.6) is 5.75 Å². The van der Waals surface area contributed by atoms with Gasteiger partial charge in [-0.3, -0.25) is 4.98 Å². The zero-order valence-corrected chi connectivity index (χ0v) is 11.9. The highest BCUT2D eigenvalue weighted by Crippen LogP contribution is 2.41. The van der Waals surface area contributed by atoms with Crippen molar-refractivity contribution in [3.8, 4) is 5.75 Å². The quantitative estimate of drug-likeness (QED) is 0.888. The van der Waals surface area contributed by atoms with Crippen LogP contribution in [0.25, 0.3) is 0 Å². The van der Waals surface area contributed by atoms with Crippen LogP contribution in [0, 0.1) is 0 Å². The molecule has 1 unspecified atom stereocenters. The first-order valence-electron chi connectivity index (χ1n) is 7.12. The topological polar surface area (TPSA) is 57.4 Å². The molecule has 106 valence electrons.